The first-order valence-electron chi connectivity index (χ1n) is 6.87. The van der Waals surface area contributed by atoms with Crippen molar-refractivity contribution < 1.29 is 4.79 Å². The van der Waals surface area contributed by atoms with Crippen LogP contribution >= 0.6 is 23.1 Å². The minimum atomic E-state index is -0.289. The summed E-state index contributed by atoms with van der Waals surface area (Å²) in [4.78, 5) is 21.9. The number of carbonyl (C=O) groups is 1. The van der Waals surface area contributed by atoms with Gasteiger partial charge in [0, 0.05) is 22.6 Å². The molecule has 3 aromatic rings. The highest BCUT2D eigenvalue weighted by atomic mass is 32.2. The minimum Gasteiger partial charge on any atom is -0.370 e. The number of aryl methyl sites for hydroxylation is 1. The molecule has 2 N–H and O–H groups in total. The molecule has 3 rings (SSSR count). The number of hydrogen-bond acceptors (Lipinski definition) is 5. The molecule has 1 amide bonds. The van der Waals surface area contributed by atoms with E-state index in [1.165, 1.54) is 10.4 Å². The maximum atomic E-state index is 10.9. The first-order chi connectivity index (χ1) is 10.7. The molecule has 0 saturated carbocycles. The number of benzene rings is 1. The number of primary amides is 1. The average Bonchev–Trinajstić information content (AvgIpc) is 2.84. The maximum absolute atomic E-state index is 10.9. The van der Waals surface area contributed by atoms with Gasteiger partial charge in [0.05, 0.1) is 5.39 Å². The quantitative estimate of drug-likeness (QED) is 0.573. The van der Waals surface area contributed by atoms with Crippen molar-refractivity contribution >= 4 is 39.2 Å². The summed E-state index contributed by atoms with van der Waals surface area (Å²) in [5.74, 6) is 0.340. The van der Waals surface area contributed by atoms with Gasteiger partial charge in [0.2, 0.25) is 5.91 Å². The summed E-state index contributed by atoms with van der Waals surface area (Å²) >= 11 is 3.23. The molecule has 112 valence electrons. The molecule has 1 aromatic carbocycles. The SMILES string of the molecule is Cc1sc2ncnc(SCCC(N)=O)c2c1-c1ccccc1. The third-order valence-electron chi connectivity index (χ3n) is 3.28. The molecule has 0 spiro atoms. The molecule has 0 fully saturated rings. The summed E-state index contributed by atoms with van der Waals surface area (Å²) in [5, 5.41) is 1.99. The summed E-state index contributed by atoms with van der Waals surface area (Å²) in [6.45, 7) is 2.10. The number of rotatable bonds is 5. The van der Waals surface area contributed by atoms with Gasteiger partial charge in [0.1, 0.15) is 16.2 Å². The van der Waals surface area contributed by atoms with Gasteiger partial charge in [-0.1, -0.05) is 30.3 Å². The highest BCUT2D eigenvalue weighted by Crippen LogP contribution is 2.41. The molecule has 6 heteroatoms. The monoisotopic (exact) mass is 329 g/mol. The van der Waals surface area contributed by atoms with E-state index in [0.717, 1.165) is 20.8 Å². The second-order valence-electron chi connectivity index (χ2n) is 4.82. The van der Waals surface area contributed by atoms with Crippen LogP contribution in [0.15, 0.2) is 41.7 Å². The van der Waals surface area contributed by atoms with Gasteiger partial charge in [0.15, 0.2) is 0 Å². The Kier molecular flexibility index (Phi) is 4.40. The fraction of sp³-hybridized carbons (Fsp3) is 0.188. The largest absolute Gasteiger partial charge is 0.370 e. The second kappa shape index (κ2) is 6.46. The fourth-order valence-electron chi connectivity index (χ4n) is 2.33. The van der Waals surface area contributed by atoms with Crippen LogP contribution in [0.3, 0.4) is 0 Å². The van der Waals surface area contributed by atoms with Crippen molar-refractivity contribution in [1.29, 1.82) is 0 Å². The zero-order valence-electron chi connectivity index (χ0n) is 12.1. The Bertz CT molecular complexity index is 815. The highest BCUT2D eigenvalue weighted by molar-refractivity contribution is 7.99. The van der Waals surface area contributed by atoms with E-state index in [1.54, 1.807) is 29.4 Å². The molecule has 0 aliphatic heterocycles. The van der Waals surface area contributed by atoms with Crippen LogP contribution in [0.5, 0.6) is 0 Å². The summed E-state index contributed by atoms with van der Waals surface area (Å²) in [6.07, 6.45) is 1.93. The van der Waals surface area contributed by atoms with E-state index >= 15 is 0 Å². The smallest absolute Gasteiger partial charge is 0.218 e. The van der Waals surface area contributed by atoms with Gasteiger partial charge in [-0.3, -0.25) is 4.79 Å². The Morgan fingerprint density at radius 2 is 2.05 bits per heavy atom. The first-order valence-corrected chi connectivity index (χ1v) is 8.67. The van der Waals surface area contributed by atoms with E-state index in [-0.39, 0.29) is 5.91 Å². The number of carbonyl (C=O) groups excluding carboxylic acids is 1. The zero-order chi connectivity index (χ0) is 15.5. The highest BCUT2D eigenvalue weighted by Gasteiger charge is 2.16. The van der Waals surface area contributed by atoms with Crippen molar-refractivity contribution in [3.63, 3.8) is 0 Å². The van der Waals surface area contributed by atoms with Crippen LogP contribution in [0.25, 0.3) is 21.3 Å². The number of hydrogen-bond donors (Lipinski definition) is 1. The second-order valence-corrected chi connectivity index (χ2v) is 7.11. The Morgan fingerprint density at radius 3 is 2.77 bits per heavy atom. The molecule has 0 bridgehead atoms. The minimum absolute atomic E-state index is 0.289. The molecule has 0 atom stereocenters. The van der Waals surface area contributed by atoms with Gasteiger partial charge < -0.3 is 5.73 Å². The number of thioether (sulfide) groups is 1. The Morgan fingerprint density at radius 1 is 1.27 bits per heavy atom. The molecule has 0 aliphatic rings. The van der Waals surface area contributed by atoms with Gasteiger partial charge in [-0.15, -0.1) is 23.1 Å². The number of amides is 1. The normalized spacial score (nSPS) is 11.0. The summed E-state index contributed by atoms with van der Waals surface area (Å²) in [5.41, 5.74) is 7.56. The van der Waals surface area contributed by atoms with Crippen molar-refractivity contribution in [2.45, 2.75) is 18.4 Å². The topological polar surface area (TPSA) is 68.9 Å². The number of nitrogens with zero attached hydrogens (tertiary/aromatic N) is 2. The summed E-state index contributed by atoms with van der Waals surface area (Å²) in [7, 11) is 0. The van der Waals surface area contributed by atoms with Crippen LogP contribution in [0.1, 0.15) is 11.3 Å². The summed E-state index contributed by atoms with van der Waals surface area (Å²) in [6, 6.07) is 10.3. The lowest BCUT2D eigenvalue weighted by Gasteiger charge is -2.05. The molecular formula is C16H15N3OS2. The number of fused-ring (bicyclic) bond motifs is 1. The van der Waals surface area contributed by atoms with Gasteiger partial charge in [0.25, 0.3) is 0 Å². The van der Waals surface area contributed by atoms with Crippen LogP contribution in [0.2, 0.25) is 0 Å². The number of aromatic nitrogens is 2. The molecule has 2 aromatic heterocycles. The van der Waals surface area contributed by atoms with Crippen molar-refractivity contribution in [3.8, 4) is 11.1 Å². The fourth-order valence-corrected chi connectivity index (χ4v) is 4.37. The van der Waals surface area contributed by atoms with Crippen molar-refractivity contribution in [3.05, 3.63) is 41.5 Å². The predicted molar refractivity (Wildman–Crippen MR) is 92.1 cm³/mol. The van der Waals surface area contributed by atoms with Crippen molar-refractivity contribution in [2.24, 2.45) is 5.73 Å². The lowest BCUT2D eigenvalue weighted by atomic mass is 10.0. The summed E-state index contributed by atoms with van der Waals surface area (Å²) < 4.78 is 0. The molecule has 0 aliphatic carbocycles. The molecule has 4 nitrogen and oxygen atoms in total. The van der Waals surface area contributed by atoms with Gasteiger partial charge >= 0.3 is 0 Å². The van der Waals surface area contributed by atoms with E-state index in [4.69, 9.17) is 5.73 Å². The van der Waals surface area contributed by atoms with Crippen LogP contribution in [-0.2, 0) is 4.79 Å². The molecule has 0 saturated heterocycles. The Balaban J connectivity index is 2.08. The van der Waals surface area contributed by atoms with Crippen LogP contribution in [0.4, 0.5) is 0 Å². The van der Waals surface area contributed by atoms with E-state index in [2.05, 4.69) is 29.0 Å². The lowest BCUT2D eigenvalue weighted by molar-refractivity contribution is -0.117. The Labute approximate surface area is 136 Å². The Hall–Kier alpha value is -1.92. The standard InChI is InChI=1S/C16H15N3OS2/c1-10-13(11-5-3-2-4-6-11)14-15(21-8-7-12(17)20)18-9-19-16(14)22-10/h2-6,9H,7-8H2,1H3,(H2,17,20). The average molecular weight is 329 g/mol. The first kappa shape index (κ1) is 15.0. The van der Waals surface area contributed by atoms with Crippen LogP contribution < -0.4 is 5.73 Å². The van der Waals surface area contributed by atoms with E-state index in [9.17, 15) is 4.79 Å². The van der Waals surface area contributed by atoms with Crippen LogP contribution in [-0.4, -0.2) is 21.6 Å². The zero-order valence-corrected chi connectivity index (χ0v) is 13.7. The molecule has 0 radical (unpaired) electrons. The molecule has 2 heterocycles. The van der Waals surface area contributed by atoms with Crippen molar-refractivity contribution in [2.75, 3.05) is 5.75 Å². The molecule has 22 heavy (non-hydrogen) atoms. The van der Waals surface area contributed by atoms with Gasteiger partial charge in [-0.25, -0.2) is 9.97 Å². The lowest BCUT2D eigenvalue weighted by Crippen LogP contribution is -2.10. The predicted octanol–water partition coefficient (Wildman–Crippen LogP) is 3.63. The van der Waals surface area contributed by atoms with Crippen molar-refractivity contribution in [1.82, 2.24) is 9.97 Å². The molecule has 0 unspecified atom stereocenters. The third kappa shape index (κ3) is 2.98. The van der Waals surface area contributed by atoms with E-state index < -0.39 is 0 Å². The van der Waals surface area contributed by atoms with Crippen LogP contribution in [0, 0.1) is 6.92 Å². The van der Waals surface area contributed by atoms with Gasteiger partial charge in [-0.2, -0.15) is 0 Å². The van der Waals surface area contributed by atoms with E-state index in [0.29, 0.717) is 12.2 Å². The maximum Gasteiger partial charge on any atom is 0.218 e. The van der Waals surface area contributed by atoms with E-state index in [1.807, 2.05) is 18.2 Å². The third-order valence-corrected chi connectivity index (χ3v) is 5.28. The number of thiophene rings is 1. The number of nitrogens with two attached hydrogens (primary N) is 1. The molecular weight excluding hydrogens is 314 g/mol. The van der Waals surface area contributed by atoms with Gasteiger partial charge in [-0.05, 0) is 12.5 Å².